The van der Waals surface area contributed by atoms with Crippen molar-refractivity contribution < 1.29 is 13.2 Å². The summed E-state index contributed by atoms with van der Waals surface area (Å²) in [4.78, 5) is 17.4. The minimum atomic E-state index is -3.54. The van der Waals surface area contributed by atoms with E-state index in [-0.39, 0.29) is 18.4 Å². The van der Waals surface area contributed by atoms with Crippen LogP contribution < -0.4 is 5.32 Å². The van der Waals surface area contributed by atoms with E-state index >= 15 is 0 Å². The van der Waals surface area contributed by atoms with Crippen LogP contribution in [0.25, 0.3) is 11.3 Å². The number of aromatic nitrogens is 1. The fourth-order valence-corrected chi connectivity index (χ4v) is 6.88. The first-order valence-corrected chi connectivity index (χ1v) is 12.9. The molecule has 1 aromatic carbocycles. The van der Waals surface area contributed by atoms with Crippen LogP contribution >= 0.6 is 22.7 Å². The summed E-state index contributed by atoms with van der Waals surface area (Å²) < 4.78 is 27.3. The van der Waals surface area contributed by atoms with E-state index in [4.69, 9.17) is 0 Å². The summed E-state index contributed by atoms with van der Waals surface area (Å²) in [5.74, 6) is -0.565. The number of amides is 1. The van der Waals surface area contributed by atoms with E-state index < -0.39 is 10.0 Å². The second-order valence-electron chi connectivity index (χ2n) is 7.46. The van der Waals surface area contributed by atoms with Gasteiger partial charge in [0.2, 0.25) is 5.91 Å². The highest BCUT2D eigenvalue weighted by molar-refractivity contribution is 7.91. The van der Waals surface area contributed by atoms with Gasteiger partial charge in [-0.25, -0.2) is 13.4 Å². The van der Waals surface area contributed by atoms with Crippen molar-refractivity contribution in [2.24, 2.45) is 5.92 Å². The number of aryl methyl sites for hydroxylation is 2. The fourth-order valence-electron chi connectivity index (χ4n) is 3.48. The Morgan fingerprint density at radius 3 is 2.77 bits per heavy atom. The number of sulfonamides is 1. The molecule has 4 rings (SSSR count). The predicted octanol–water partition coefficient (Wildman–Crippen LogP) is 4.53. The number of carbonyl (C=O) groups is 1. The van der Waals surface area contributed by atoms with Crippen molar-refractivity contribution in [3.8, 4) is 11.3 Å². The molecule has 0 saturated carbocycles. The second-order valence-corrected chi connectivity index (χ2v) is 11.4. The second kappa shape index (κ2) is 8.58. The molecule has 6 nitrogen and oxygen atoms in total. The number of hydrogen-bond acceptors (Lipinski definition) is 6. The first-order chi connectivity index (χ1) is 14.3. The standard InChI is InChI=1S/C21H23N3O3S3/c1-14-7-8-16(11-15(14)2)18-13-29-21(22-18)23-20(25)17-5-3-9-24(12-17)30(26,27)19-6-4-10-28-19/h4,6-8,10-11,13,17H,3,5,9,12H2,1-2H3,(H,22,23,25). The highest BCUT2D eigenvalue weighted by Crippen LogP contribution is 2.29. The van der Waals surface area contributed by atoms with E-state index in [0.29, 0.717) is 28.7 Å². The van der Waals surface area contributed by atoms with E-state index in [9.17, 15) is 13.2 Å². The van der Waals surface area contributed by atoms with Gasteiger partial charge in [0.25, 0.3) is 10.0 Å². The molecule has 1 atom stereocenters. The maximum Gasteiger partial charge on any atom is 0.252 e. The number of carbonyl (C=O) groups excluding carboxylic acids is 1. The SMILES string of the molecule is Cc1ccc(-c2csc(NC(=O)C3CCCN(S(=O)(=O)c4cccs4)C3)n2)cc1C. The Hall–Kier alpha value is -2.07. The van der Waals surface area contributed by atoms with Crippen LogP contribution in [0.1, 0.15) is 24.0 Å². The zero-order valence-electron chi connectivity index (χ0n) is 16.8. The monoisotopic (exact) mass is 461 g/mol. The first-order valence-electron chi connectivity index (χ1n) is 9.72. The zero-order chi connectivity index (χ0) is 21.3. The molecule has 1 aliphatic rings. The van der Waals surface area contributed by atoms with Gasteiger partial charge in [0.15, 0.2) is 5.13 Å². The van der Waals surface area contributed by atoms with Crippen LogP contribution in [0.5, 0.6) is 0 Å². The van der Waals surface area contributed by atoms with Crippen molar-refractivity contribution in [2.75, 3.05) is 18.4 Å². The van der Waals surface area contributed by atoms with Gasteiger partial charge in [-0.3, -0.25) is 4.79 Å². The Morgan fingerprint density at radius 1 is 1.20 bits per heavy atom. The molecule has 0 aliphatic carbocycles. The molecular formula is C21H23N3O3S3. The number of thiophene rings is 1. The van der Waals surface area contributed by atoms with Crippen LogP contribution in [-0.4, -0.2) is 36.7 Å². The number of anilines is 1. The molecule has 0 radical (unpaired) electrons. The van der Waals surface area contributed by atoms with Crippen LogP contribution in [-0.2, 0) is 14.8 Å². The molecule has 1 fully saturated rings. The third-order valence-corrected chi connectivity index (χ3v) is 9.38. The lowest BCUT2D eigenvalue weighted by Gasteiger charge is -2.30. The number of piperidine rings is 1. The summed E-state index contributed by atoms with van der Waals surface area (Å²) in [5, 5.41) is 7.09. The summed E-state index contributed by atoms with van der Waals surface area (Å²) in [6, 6.07) is 9.50. The third-order valence-electron chi connectivity index (χ3n) is 5.38. The third kappa shape index (κ3) is 4.34. The molecule has 1 aliphatic heterocycles. The average molecular weight is 462 g/mol. The lowest BCUT2D eigenvalue weighted by Crippen LogP contribution is -2.43. The Labute approximate surface area is 184 Å². The van der Waals surface area contributed by atoms with Gasteiger partial charge in [-0.2, -0.15) is 4.31 Å². The van der Waals surface area contributed by atoms with E-state index in [1.54, 1.807) is 17.5 Å². The van der Waals surface area contributed by atoms with Crippen LogP contribution in [0, 0.1) is 19.8 Å². The molecule has 1 N–H and O–H groups in total. The van der Waals surface area contributed by atoms with Crippen molar-refractivity contribution >= 4 is 43.7 Å². The zero-order valence-corrected chi connectivity index (χ0v) is 19.2. The molecule has 1 amide bonds. The van der Waals surface area contributed by atoms with Gasteiger partial charge < -0.3 is 5.32 Å². The van der Waals surface area contributed by atoms with Gasteiger partial charge in [-0.05, 0) is 55.3 Å². The van der Waals surface area contributed by atoms with Gasteiger partial charge in [0, 0.05) is 24.0 Å². The minimum absolute atomic E-state index is 0.179. The van der Waals surface area contributed by atoms with E-state index in [0.717, 1.165) is 11.3 Å². The number of nitrogens with one attached hydrogen (secondary N) is 1. The molecule has 1 unspecified atom stereocenters. The Morgan fingerprint density at radius 2 is 2.03 bits per heavy atom. The molecule has 30 heavy (non-hydrogen) atoms. The summed E-state index contributed by atoms with van der Waals surface area (Å²) in [6.07, 6.45) is 1.33. The van der Waals surface area contributed by atoms with Gasteiger partial charge in [-0.1, -0.05) is 18.2 Å². The number of thiazole rings is 1. The van der Waals surface area contributed by atoms with Crippen LogP contribution in [0.3, 0.4) is 0 Å². The number of rotatable bonds is 5. The largest absolute Gasteiger partial charge is 0.302 e. The van der Waals surface area contributed by atoms with Gasteiger partial charge >= 0.3 is 0 Å². The summed E-state index contributed by atoms with van der Waals surface area (Å²) in [5.41, 5.74) is 4.26. The van der Waals surface area contributed by atoms with Crippen LogP contribution in [0.4, 0.5) is 5.13 Å². The fraction of sp³-hybridized carbons (Fsp3) is 0.333. The quantitative estimate of drug-likeness (QED) is 0.606. The number of benzene rings is 1. The Balaban J connectivity index is 1.44. The smallest absolute Gasteiger partial charge is 0.252 e. The average Bonchev–Trinajstić information content (AvgIpc) is 3.43. The maximum atomic E-state index is 12.8. The molecule has 0 spiro atoms. The molecule has 1 saturated heterocycles. The lowest BCUT2D eigenvalue weighted by molar-refractivity contribution is -0.120. The molecule has 158 valence electrons. The minimum Gasteiger partial charge on any atom is -0.302 e. The normalized spacial score (nSPS) is 17.7. The summed E-state index contributed by atoms with van der Waals surface area (Å²) >= 11 is 2.58. The van der Waals surface area contributed by atoms with Crippen molar-refractivity contribution in [3.05, 3.63) is 52.2 Å². The predicted molar refractivity (Wildman–Crippen MR) is 121 cm³/mol. The molecule has 9 heteroatoms. The number of hydrogen-bond donors (Lipinski definition) is 1. The van der Waals surface area contributed by atoms with Gasteiger partial charge in [0.1, 0.15) is 4.21 Å². The summed E-state index contributed by atoms with van der Waals surface area (Å²) in [6.45, 7) is 4.77. The Kier molecular flexibility index (Phi) is 6.06. The molecular weight excluding hydrogens is 438 g/mol. The van der Waals surface area contributed by atoms with Crippen molar-refractivity contribution in [1.29, 1.82) is 0 Å². The summed E-state index contributed by atoms with van der Waals surface area (Å²) in [7, 11) is -3.54. The number of nitrogens with zero attached hydrogens (tertiary/aromatic N) is 2. The molecule has 3 heterocycles. The van der Waals surface area contributed by atoms with Crippen molar-refractivity contribution in [1.82, 2.24) is 9.29 Å². The van der Waals surface area contributed by atoms with E-state index in [2.05, 4.69) is 36.3 Å². The highest BCUT2D eigenvalue weighted by Gasteiger charge is 2.34. The lowest BCUT2D eigenvalue weighted by atomic mass is 9.99. The maximum absolute atomic E-state index is 12.8. The topological polar surface area (TPSA) is 79.4 Å². The van der Waals surface area contributed by atoms with Crippen molar-refractivity contribution in [2.45, 2.75) is 30.9 Å². The van der Waals surface area contributed by atoms with Crippen LogP contribution in [0.15, 0.2) is 45.3 Å². The van der Waals surface area contributed by atoms with Gasteiger partial charge in [0.05, 0.1) is 11.6 Å². The van der Waals surface area contributed by atoms with E-state index in [1.807, 2.05) is 11.4 Å². The molecule has 2 aromatic heterocycles. The van der Waals surface area contributed by atoms with E-state index in [1.165, 1.54) is 38.1 Å². The molecule has 0 bridgehead atoms. The first kappa shape index (κ1) is 21.2. The van der Waals surface area contributed by atoms with Crippen LogP contribution in [0.2, 0.25) is 0 Å². The molecule has 3 aromatic rings. The van der Waals surface area contributed by atoms with Crippen molar-refractivity contribution in [3.63, 3.8) is 0 Å². The van der Waals surface area contributed by atoms with Gasteiger partial charge in [-0.15, -0.1) is 22.7 Å². The Bertz CT molecular complexity index is 1150. The highest BCUT2D eigenvalue weighted by atomic mass is 32.2.